The minimum absolute atomic E-state index is 0.130. The van der Waals surface area contributed by atoms with Crippen molar-refractivity contribution >= 4 is 11.8 Å². The Labute approximate surface area is 118 Å². The predicted molar refractivity (Wildman–Crippen MR) is 73.3 cm³/mol. The fraction of sp³-hybridized carbons (Fsp3) is 0.714. The number of aliphatic hydroxyl groups is 1. The largest absolute Gasteiger partial charge is 0.387 e. The molecule has 3 rings (SSSR count). The van der Waals surface area contributed by atoms with E-state index in [9.17, 15) is 9.90 Å². The summed E-state index contributed by atoms with van der Waals surface area (Å²) in [6.45, 7) is 5.51. The van der Waals surface area contributed by atoms with E-state index in [0.717, 1.165) is 18.5 Å². The van der Waals surface area contributed by atoms with Crippen molar-refractivity contribution in [2.24, 2.45) is 5.92 Å². The third kappa shape index (κ3) is 2.71. The molecular weight excluding hydrogens is 258 g/mol. The van der Waals surface area contributed by atoms with E-state index in [1.165, 1.54) is 0 Å². The zero-order chi connectivity index (χ0) is 14.3. The summed E-state index contributed by atoms with van der Waals surface area (Å²) in [7, 11) is 0. The zero-order valence-electron chi connectivity index (χ0n) is 11.9. The SMILES string of the molecule is CC(C)c1cc(NC(=O)CN2CC(O)(C3CC3)C2)on1. The number of aromatic nitrogens is 1. The molecule has 1 saturated heterocycles. The fourth-order valence-electron chi connectivity index (χ4n) is 2.72. The second-order valence-corrected chi connectivity index (χ2v) is 6.34. The monoisotopic (exact) mass is 279 g/mol. The lowest BCUT2D eigenvalue weighted by Gasteiger charge is -2.46. The Bertz CT molecular complexity index is 502. The summed E-state index contributed by atoms with van der Waals surface area (Å²) in [5, 5.41) is 16.8. The number of nitrogens with zero attached hydrogens (tertiary/aromatic N) is 2. The summed E-state index contributed by atoms with van der Waals surface area (Å²) in [4.78, 5) is 13.8. The first-order chi connectivity index (χ1) is 9.46. The van der Waals surface area contributed by atoms with Crippen LogP contribution >= 0.6 is 0 Å². The van der Waals surface area contributed by atoms with Crippen molar-refractivity contribution in [3.05, 3.63) is 11.8 Å². The van der Waals surface area contributed by atoms with Gasteiger partial charge in [-0.1, -0.05) is 19.0 Å². The van der Waals surface area contributed by atoms with Crippen LogP contribution in [0.5, 0.6) is 0 Å². The third-order valence-electron chi connectivity index (χ3n) is 4.08. The summed E-state index contributed by atoms with van der Waals surface area (Å²) in [5.41, 5.74) is 0.282. The van der Waals surface area contributed by atoms with Crippen LogP contribution in [0.3, 0.4) is 0 Å². The first-order valence-corrected chi connectivity index (χ1v) is 7.17. The molecule has 0 spiro atoms. The van der Waals surface area contributed by atoms with Crippen molar-refractivity contribution in [2.45, 2.75) is 38.2 Å². The molecular formula is C14H21N3O3. The summed E-state index contributed by atoms with van der Waals surface area (Å²) in [5.74, 6) is 0.976. The van der Waals surface area contributed by atoms with Crippen LogP contribution in [0.4, 0.5) is 5.88 Å². The van der Waals surface area contributed by atoms with Crippen LogP contribution in [0.25, 0.3) is 0 Å². The molecule has 0 aromatic carbocycles. The molecule has 0 radical (unpaired) electrons. The molecule has 110 valence electrons. The van der Waals surface area contributed by atoms with Crippen LogP contribution in [-0.4, -0.2) is 46.3 Å². The number of hydrogen-bond acceptors (Lipinski definition) is 5. The Hall–Kier alpha value is -1.40. The number of hydrogen-bond donors (Lipinski definition) is 2. The Morgan fingerprint density at radius 3 is 2.85 bits per heavy atom. The molecule has 1 aromatic rings. The van der Waals surface area contributed by atoms with E-state index in [0.29, 0.717) is 24.9 Å². The molecule has 2 N–H and O–H groups in total. The quantitative estimate of drug-likeness (QED) is 0.846. The van der Waals surface area contributed by atoms with Gasteiger partial charge in [0.1, 0.15) is 0 Å². The van der Waals surface area contributed by atoms with Gasteiger partial charge in [0.25, 0.3) is 0 Å². The van der Waals surface area contributed by atoms with Gasteiger partial charge in [-0.15, -0.1) is 0 Å². The van der Waals surface area contributed by atoms with Gasteiger partial charge in [-0.3, -0.25) is 15.0 Å². The highest BCUT2D eigenvalue weighted by Crippen LogP contribution is 2.44. The molecule has 6 heteroatoms. The van der Waals surface area contributed by atoms with Crippen LogP contribution < -0.4 is 5.32 Å². The van der Waals surface area contributed by atoms with Gasteiger partial charge < -0.3 is 9.63 Å². The normalized spacial score (nSPS) is 21.8. The van der Waals surface area contributed by atoms with Gasteiger partial charge in [0.05, 0.1) is 17.8 Å². The maximum absolute atomic E-state index is 11.9. The number of nitrogens with one attached hydrogen (secondary N) is 1. The van der Waals surface area contributed by atoms with Gasteiger partial charge in [-0.2, -0.15) is 0 Å². The van der Waals surface area contributed by atoms with Crippen LogP contribution in [0.15, 0.2) is 10.6 Å². The second-order valence-electron chi connectivity index (χ2n) is 6.34. The molecule has 6 nitrogen and oxygen atoms in total. The lowest BCUT2D eigenvalue weighted by molar-refractivity contribution is -0.132. The molecule has 0 bridgehead atoms. The molecule has 1 aliphatic carbocycles. The highest BCUT2D eigenvalue weighted by atomic mass is 16.5. The average Bonchev–Trinajstić information content (AvgIpc) is 3.08. The standard InChI is InChI=1S/C14H21N3O3/c1-9(2)11-5-13(20-16-11)15-12(18)6-17-7-14(19,8-17)10-3-4-10/h5,9-10,19H,3-4,6-8H2,1-2H3,(H,15,18). The lowest BCUT2D eigenvalue weighted by Crippen LogP contribution is -2.64. The van der Waals surface area contributed by atoms with Crippen LogP contribution in [0, 0.1) is 5.92 Å². The molecule has 2 aliphatic rings. The van der Waals surface area contributed by atoms with E-state index >= 15 is 0 Å². The summed E-state index contributed by atoms with van der Waals surface area (Å²) in [6, 6.07) is 1.75. The lowest BCUT2D eigenvalue weighted by atomic mass is 9.89. The Morgan fingerprint density at radius 2 is 2.30 bits per heavy atom. The van der Waals surface area contributed by atoms with Gasteiger partial charge >= 0.3 is 0 Å². The maximum atomic E-state index is 11.9. The van der Waals surface area contributed by atoms with E-state index < -0.39 is 5.60 Å². The van der Waals surface area contributed by atoms with E-state index in [1.54, 1.807) is 6.07 Å². The van der Waals surface area contributed by atoms with Gasteiger partial charge in [0.15, 0.2) is 0 Å². The molecule has 1 saturated carbocycles. The van der Waals surface area contributed by atoms with Gasteiger partial charge in [0, 0.05) is 19.2 Å². The van der Waals surface area contributed by atoms with E-state index in [1.807, 2.05) is 18.7 Å². The Morgan fingerprint density at radius 1 is 1.60 bits per heavy atom. The summed E-state index contributed by atoms with van der Waals surface area (Å²) >= 11 is 0. The van der Waals surface area contributed by atoms with Gasteiger partial charge in [0.2, 0.25) is 11.8 Å². The van der Waals surface area contributed by atoms with Crippen molar-refractivity contribution in [3.8, 4) is 0 Å². The summed E-state index contributed by atoms with van der Waals surface area (Å²) in [6.07, 6.45) is 2.24. The molecule has 1 amide bonds. The van der Waals surface area contributed by atoms with Crippen molar-refractivity contribution in [3.63, 3.8) is 0 Å². The number of β-amino-alcohol motifs (C(OH)–C–C–N with tert-alkyl or cyclic N) is 1. The topological polar surface area (TPSA) is 78.6 Å². The minimum atomic E-state index is -0.544. The molecule has 0 unspecified atom stereocenters. The van der Waals surface area contributed by atoms with Crippen LogP contribution in [-0.2, 0) is 4.79 Å². The Kier molecular flexibility index (Phi) is 3.30. The smallest absolute Gasteiger partial charge is 0.240 e. The van der Waals surface area contributed by atoms with E-state index in [4.69, 9.17) is 4.52 Å². The second kappa shape index (κ2) is 4.86. The molecule has 1 aliphatic heterocycles. The van der Waals surface area contributed by atoms with E-state index in [-0.39, 0.29) is 18.4 Å². The van der Waals surface area contributed by atoms with Crippen molar-refractivity contribution in [1.29, 1.82) is 0 Å². The van der Waals surface area contributed by atoms with Crippen LogP contribution in [0.1, 0.15) is 38.3 Å². The number of likely N-dealkylation sites (tertiary alicyclic amines) is 1. The minimum Gasteiger partial charge on any atom is -0.387 e. The average molecular weight is 279 g/mol. The number of anilines is 1. The van der Waals surface area contributed by atoms with Crippen molar-refractivity contribution < 1.29 is 14.4 Å². The fourth-order valence-corrected chi connectivity index (χ4v) is 2.72. The number of rotatable bonds is 5. The molecule has 2 fully saturated rings. The molecule has 1 aromatic heterocycles. The summed E-state index contributed by atoms with van der Waals surface area (Å²) < 4.78 is 5.07. The third-order valence-corrected chi connectivity index (χ3v) is 4.08. The van der Waals surface area contributed by atoms with Crippen molar-refractivity contribution in [1.82, 2.24) is 10.1 Å². The van der Waals surface area contributed by atoms with E-state index in [2.05, 4.69) is 10.5 Å². The van der Waals surface area contributed by atoms with Gasteiger partial charge in [-0.25, -0.2) is 0 Å². The molecule has 0 atom stereocenters. The van der Waals surface area contributed by atoms with Gasteiger partial charge in [-0.05, 0) is 24.7 Å². The highest BCUT2D eigenvalue weighted by molar-refractivity contribution is 5.91. The van der Waals surface area contributed by atoms with Crippen molar-refractivity contribution in [2.75, 3.05) is 25.0 Å². The number of carbonyl (C=O) groups is 1. The highest BCUT2D eigenvalue weighted by Gasteiger charge is 2.51. The number of amides is 1. The first kappa shape index (κ1) is 13.6. The maximum Gasteiger partial charge on any atom is 0.240 e. The van der Waals surface area contributed by atoms with Crippen LogP contribution in [0.2, 0.25) is 0 Å². The molecule has 20 heavy (non-hydrogen) atoms. The molecule has 2 heterocycles. The number of carbonyl (C=O) groups excluding carboxylic acids is 1. The Balaban J connectivity index is 1.45. The predicted octanol–water partition coefficient (Wildman–Crippen LogP) is 1.19. The first-order valence-electron chi connectivity index (χ1n) is 7.17. The zero-order valence-corrected chi connectivity index (χ0v) is 11.9.